The Hall–Kier alpha value is -1.30. The molecular formula is C16H25N3O2. The Bertz CT molecular complexity index is 505. The molecular weight excluding hydrogens is 266 g/mol. The number of piperidine rings is 1. The molecule has 2 aliphatic rings. The van der Waals surface area contributed by atoms with Gasteiger partial charge in [-0.05, 0) is 45.6 Å². The number of nitrogens with zero attached hydrogens (tertiary/aromatic N) is 2. The maximum atomic E-state index is 6.03. The molecule has 2 aliphatic heterocycles. The highest BCUT2D eigenvalue weighted by atomic mass is 16.7. The van der Waals surface area contributed by atoms with E-state index in [1.165, 1.54) is 18.4 Å². The Balaban J connectivity index is 1.76. The van der Waals surface area contributed by atoms with Crippen LogP contribution in [0.2, 0.25) is 0 Å². The van der Waals surface area contributed by atoms with Gasteiger partial charge in [-0.3, -0.25) is 4.90 Å². The highest BCUT2D eigenvalue weighted by Crippen LogP contribution is 2.32. The van der Waals surface area contributed by atoms with Crippen molar-refractivity contribution in [2.45, 2.75) is 32.0 Å². The van der Waals surface area contributed by atoms with Gasteiger partial charge < -0.3 is 20.1 Å². The molecule has 0 radical (unpaired) electrons. The van der Waals surface area contributed by atoms with Crippen molar-refractivity contribution in [1.82, 2.24) is 9.80 Å². The van der Waals surface area contributed by atoms with E-state index in [0.29, 0.717) is 19.4 Å². The zero-order valence-electron chi connectivity index (χ0n) is 13.0. The van der Waals surface area contributed by atoms with Crippen LogP contribution in [0.1, 0.15) is 24.0 Å². The first-order chi connectivity index (χ1) is 10.1. The van der Waals surface area contributed by atoms with Crippen molar-refractivity contribution in [2.75, 3.05) is 39.7 Å². The SMILES string of the molecule is CN(C)C1CCCN(Cc2cc(N)cc3c2OCOC3)C1. The van der Waals surface area contributed by atoms with Gasteiger partial charge in [0.2, 0.25) is 0 Å². The molecule has 1 saturated heterocycles. The predicted octanol–water partition coefficient (Wildman–Crippen LogP) is 1.66. The summed E-state index contributed by atoms with van der Waals surface area (Å²) in [6.07, 6.45) is 2.53. The molecule has 5 nitrogen and oxygen atoms in total. The summed E-state index contributed by atoms with van der Waals surface area (Å²) >= 11 is 0. The minimum atomic E-state index is 0.338. The van der Waals surface area contributed by atoms with Crippen LogP contribution in [0.5, 0.6) is 5.75 Å². The molecule has 0 spiro atoms. The summed E-state index contributed by atoms with van der Waals surface area (Å²) in [5.41, 5.74) is 9.07. The van der Waals surface area contributed by atoms with Crippen LogP contribution in [0.15, 0.2) is 12.1 Å². The fourth-order valence-corrected chi connectivity index (χ4v) is 3.28. The van der Waals surface area contributed by atoms with Gasteiger partial charge in [0.25, 0.3) is 0 Å². The third kappa shape index (κ3) is 3.31. The molecule has 1 aromatic rings. The fourth-order valence-electron chi connectivity index (χ4n) is 3.28. The molecule has 1 unspecified atom stereocenters. The summed E-state index contributed by atoms with van der Waals surface area (Å²) in [4.78, 5) is 4.83. The first-order valence-electron chi connectivity index (χ1n) is 7.64. The predicted molar refractivity (Wildman–Crippen MR) is 83.1 cm³/mol. The normalized spacial score (nSPS) is 22.9. The number of anilines is 1. The van der Waals surface area contributed by atoms with Crippen molar-refractivity contribution in [3.05, 3.63) is 23.3 Å². The number of nitrogens with two attached hydrogens (primary N) is 1. The summed E-state index contributed by atoms with van der Waals surface area (Å²) in [7, 11) is 4.33. The lowest BCUT2D eigenvalue weighted by atomic mass is 10.0. The molecule has 3 rings (SSSR count). The number of hydrogen-bond donors (Lipinski definition) is 1. The second-order valence-corrected chi connectivity index (χ2v) is 6.27. The van der Waals surface area contributed by atoms with Gasteiger partial charge in [-0.1, -0.05) is 0 Å². The van der Waals surface area contributed by atoms with Crippen LogP contribution in [-0.4, -0.2) is 49.8 Å². The van der Waals surface area contributed by atoms with Crippen LogP contribution < -0.4 is 10.5 Å². The lowest BCUT2D eigenvalue weighted by Crippen LogP contribution is -2.44. The van der Waals surface area contributed by atoms with E-state index in [4.69, 9.17) is 15.2 Å². The lowest BCUT2D eigenvalue weighted by molar-refractivity contribution is -0.0176. The van der Waals surface area contributed by atoms with E-state index in [1.54, 1.807) is 0 Å². The molecule has 2 heterocycles. The van der Waals surface area contributed by atoms with E-state index in [1.807, 2.05) is 12.1 Å². The number of nitrogen functional groups attached to an aromatic ring is 1. The molecule has 0 bridgehead atoms. The van der Waals surface area contributed by atoms with Crippen molar-refractivity contribution < 1.29 is 9.47 Å². The van der Waals surface area contributed by atoms with Crippen LogP contribution >= 0.6 is 0 Å². The van der Waals surface area contributed by atoms with Crippen LogP contribution in [-0.2, 0) is 17.9 Å². The van der Waals surface area contributed by atoms with Crippen molar-refractivity contribution in [1.29, 1.82) is 0 Å². The van der Waals surface area contributed by atoms with E-state index in [-0.39, 0.29) is 0 Å². The Labute approximate surface area is 126 Å². The molecule has 1 aromatic carbocycles. The van der Waals surface area contributed by atoms with Gasteiger partial charge in [-0.2, -0.15) is 0 Å². The minimum absolute atomic E-state index is 0.338. The number of likely N-dealkylation sites (tertiary alicyclic amines) is 1. The minimum Gasteiger partial charge on any atom is -0.467 e. The molecule has 1 atom stereocenters. The highest BCUT2D eigenvalue weighted by molar-refractivity contribution is 5.53. The second kappa shape index (κ2) is 6.22. The molecule has 0 aliphatic carbocycles. The Kier molecular flexibility index (Phi) is 4.33. The summed E-state index contributed by atoms with van der Waals surface area (Å²) in [6.45, 7) is 4.08. The number of rotatable bonds is 3. The molecule has 0 aromatic heterocycles. The Morgan fingerprint density at radius 3 is 3.05 bits per heavy atom. The Morgan fingerprint density at radius 1 is 1.38 bits per heavy atom. The summed E-state index contributed by atoms with van der Waals surface area (Å²) in [5, 5.41) is 0. The van der Waals surface area contributed by atoms with Gasteiger partial charge in [0.15, 0.2) is 6.79 Å². The standard InChI is InChI=1S/C16H25N3O2/c1-18(2)15-4-3-5-19(9-15)8-12-6-14(17)7-13-10-20-11-21-16(12)13/h6-7,15H,3-5,8-11,17H2,1-2H3. The van der Waals surface area contributed by atoms with Crippen molar-refractivity contribution in [3.63, 3.8) is 0 Å². The summed E-state index contributed by atoms with van der Waals surface area (Å²) in [6, 6.07) is 4.64. The van der Waals surface area contributed by atoms with Crippen LogP contribution in [0.25, 0.3) is 0 Å². The number of hydrogen-bond acceptors (Lipinski definition) is 5. The zero-order valence-corrected chi connectivity index (χ0v) is 13.0. The maximum absolute atomic E-state index is 6.03. The van der Waals surface area contributed by atoms with Crippen LogP contribution in [0, 0.1) is 0 Å². The van der Waals surface area contributed by atoms with E-state index >= 15 is 0 Å². The highest BCUT2D eigenvalue weighted by Gasteiger charge is 2.23. The molecule has 21 heavy (non-hydrogen) atoms. The fraction of sp³-hybridized carbons (Fsp3) is 0.625. The van der Waals surface area contributed by atoms with E-state index in [0.717, 1.165) is 36.6 Å². The first-order valence-corrected chi connectivity index (χ1v) is 7.64. The maximum Gasteiger partial charge on any atom is 0.189 e. The van der Waals surface area contributed by atoms with Gasteiger partial charge >= 0.3 is 0 Å². The number of fused-ring (bicyclic) bond motifs is 1. The van der Waals surface area contributed by atoms with E-state index in [2.05, 4.69) is 23.9 Å². The third-order valence-corrected chi connectivity index (χ3v) is 4.41. The van der Waals surface area contributed by atoms with E-state index < -0.39 is 0 Å². The van der Waals surface area contributed by atoms with Crippen molar-refractivity contribution in [3.8, 4) is 5.75 Å². The third-order valence-electron chi connectivity index (χ3n) is 4.41. The van der Waals surface area contributed by atoms with Crippen LogP contribution in [0.3, 0.4) is 0 Å². The molecule has 116 valence electrons. The number of ether oxygens (including phenoxy) is 2. The summed E-state index contributed by atoms with van der Waals surface area (Å²) < 4.78 is 11.1. The molecule has 0 amide bonds. The van der Waals surface area contributed by atoms with Gasteiger partial charge in [-0.15, -0.1) is 0 Å². The van der Waals surface area contributed by atoms with Crippen LogP contribution in [0.4, 0.5) is 5.69 Å². The van der Waals surface area contributed by atoms with Gasteiger partial charge in [0.05, 0.1) is 6.61 Å². The first kappa shape index (κ1) is 14.6. The smallest absolute Gasteiger partial charge is 0.189 e. The quantitative estimate of drug-likeness (QED) is 0.858. The van der Waals surface area contributed by atoms with Crippen molar-refractivity contribution >= 4 is 5.69 Å². The number of benzene rings is 1. The van der Waals surface area contributed by atoms with Gasteiger partial charge in [-0.25, -0.2) is 0 Å². The topological polar surface area (TPSA) is 51.0 Å². The average Bonchev–Trinajstić information content (AvgIpc) is 2.47. The molecule has 5 heteroatoms. The molecule has 1 fully saturated rings. The lowest BCUT2D eigenvalue weighted by Gasteiger charge is -2.36. The average molecular weight is 291 g/mol. The zero-order chi connectivity index (χ0) is 14.8. The van der Waals surface area contributed by atoms with Gasteiger partial charge in [0, 0.05) is 35.9 Å². The second-order valence-electron chi connectivity index (χ2n) is 6.27. The van der Waals surface area contributed by atoms with Gasteiger partial charge in [0.1, 0.15) is 5.75 Å². The summed E-state index contributed by atoms with van der Waals surface area (Å²) in [5.74, 6) is 0.974. The number of likely N-dealkylation sites (N-methyl/N-ethyl adjacent to an activating group) is 1. The molecule has 0 saturated carbocycles. The molecule has 2 N–H and O–H groups in total. The monoisotopic (exact) mass is 291 g/mol. The van der Waals surface area contributed by atoms with E-state index in [9.17, 15) is 0 Å². The largest absolute Gasteiger partial charge is 0.467 e. The Morgan fingerprint density at radius 2 is 2.24 bits per heavy atom. The van der Waals surface area contributed by atoms with Crippen molar-refractivity contribution in [2.24, 2.45) is 0 Å².